The summed E-state index contributed by atoms with van der Waals surface area (Å²) in [6, 6.07) is 5.67. The third-order valence-electron chi connectivity index (χ3n) is 4.85. The summed E-state index contributed by atoms with van der Waals surface area (Å²) in [5.74, 6) is -3.10. The summed E-state index contributed by atoms with van der Waals surface area (Å²) in [5.41, 5.74) is 1.08. The van der Waals surface area contributed by atoms with Crippen molar-refractivity contribution in [2.75, 3.05) is 0 Å². The lowest BCUT2D eigenvalue weighted by Gasteiger charge is -2.20. The minimum atomic E-state index is -1.34. The Labute approximate surface area is 162 Å². The van der Waals surface area contributed by atoms with Crippen molar-refractivity contribution in [3.05, 3.63) is 70.1 Å². The van der Waals surface area contributed by atoms with Gasteiger partial charge in [-0.05, 0) is 30.2 Å². The van der Waals surface area contributed by atoms with Crippen LogP contribution >= 0.6 is 11.6 Å². The first-order valence-corrected chi connectivity index (χ1v) is 8.86. The molecule has 0 bridgehead atoms. The SMILES string of the molecule is O=C1C(Cc2c[nH]c3c(Cl)c(F)ccc23)NC(O)N1Cc1cccc(F)c1F. The molecule has 5 nitrogen and oxygen atoms in total. The van der Waals surface area contributed by atoms with Crippen molar-refractivity contribution in [3.8, 4) is 0 Å². The molecule has 2 aromatic carbocycles. The van der Waals surface area contributed by atoms with Crippen LogP contribution in [0.15, 0.2) is 36.5 Å². The van der Waals surface area contributed by atoms with Crippen molar-refractivity contribution < 1.29 is 23.1 Å². The van der Waals surface area contributed by atoms with Crippen LogP contribution in [0.2, 0.25) is 5.02 Å². The molecular weight excluding hydrogens is 395 g/mol. The van der Waals surface area contributed by atoms with Gasteiger partial charge in [-0.3, -0.25) is 15.0 Å². The quantitative estimate of drug-likeness (QED) is 0.620. The Hall–Kier alpha value is -2.55. The van der Waals surface area contributed by atoms with Gasteiger partial charge >= 0.3 is 0 Å². The van der Waals surface area contributed by atoms with Crippen LogP contribution in [-0.2, 0) is 17.8 Å². The van der Waals surface area contributed by atoms with E-state index < -0.39 is 35.8 Å². The zero-order valence-corrected chi connectivity index (χ0v) is 15.1. The van der Waals surface area contributed by atoms with E-state index in [1.807, 2.05) is 0 Å². The molecule has 9 heteroatoms. The molecule has 2 unspecified atom stereocenters. The predicted molar refractivity (Wildman–Crippen MR) is 96.8 cm³/mol. The minimum absolute atomic E-state index is 0.0378. The molecule has 28 heavy (non-hydrogen) atoms. The van der Waals surface area contributed by atoms with Gasteiger partial charge in [0.15, 0.2) is 18.0 Å². The molecule has 1 amide bonds. The zero-order valence-electron chi connectivity index (χ0n) is 14.3. The molecule has 0 spiro atoms. The van der Waals surface area contributed by atoms with E-state index in [2.05, 4.69) is 10.3 Å². The van der Waals surface area contributed by atoms with Crippen LogP contribution in [0.5, 0.6) is 0 Å². The summed E-state index contributed by atoms with van der Waals surface area (Å²) in [6.07, 6.45) is 0.470. The highest BCUT2D eigenvalue weighted by Crippen LogP contribution is 2.29. The second-order valence-corrected chi connectivity index (χ2v) is 6.95. The number of halogens is 4. The number of carbonyl (C=O) groups excluding carboxylic acids is 1. The predicted octanol–water partition coefficient (Wildman–Crippen LogP) is 3.06. The van der Waals surface area contributed by atoms with Crippen molar-refractivity contribution >= 4 is 28.4 Å². The first-order chi connectivity index (χ1) is 13.4. The minimum Gasteiger partial charge on any atom is -0.361 e. The van der Waals surface area contributed by atoms with Crippen LogP contribution in [0.25, 0.3) is 10.9 Å². The first kappa shape index (κ1) is 18.8. The molecule has 1 saturated heterocycles. The molecule has 3 aromatic rings. The fourth-order valence-electron chi connectivity index (χ4n) is 3.41. The summed E-state index contributed by atoms with van der Waals surface area (Å²) < 4.78 is 40.9. The lowest BCUT2D eigenvalue weighted by molar-refractivity contribution is -0.135. The maximum absolute atomic E-state index is 13.9. The smallest absolute Gasteiger partial charge is 0.243 e. The average molecular weight is 410 g/mol. The van der Waals surface area contributed by atoms with E-state index in [4.69, 9.17) is 11.6 Å². The average Bonchev–Trinajstić information content (AvgIpc) is 3.18. The van der Waals surface area contributed by atoms with Crippen LogP contribution < -0.4 is 5.32 Å². The number of aromatic amines is 1. The maximum Gasteiger partial charge on any atom is 0.243 e. The fraction of sp³-hybridized carbons (Fsp3) is 0.211. The van der Waals surface area contributed by atoms with Gasteiger partial charge in [0.1, 0.15) is 10.8 Å². The van der Waals surface area contributed by atoms with E-state index in [9.17, 15) is 23.1 Å². The van der Waals surface area contributed by atoms with Gasteiger partial charge in [0, 0.05) is 17.1 Å². The Morgan fingerprint density at radius 3 is 2.68 bits per heavy atom. The van der Waals surface area contributed by atoms with Gasteiger partial charge in [-0.2, -0.15) is 0 Å². The van der Waals surface area contributed by atoms with Gasteiger partial charge in [0.25, 0.3) is 0 Å². The molecule has 2 atom stereocenters. The summed E-state index contributed by atoms with van der Waals surface area (Å²) in [4.78, 5) is 16.6. The summed E-state index contributed by atoms with van der Waals surface area (Å²) in [6.45, 7) is -0.280. The van der Waals surface area contributed by atoms with Crippen LogP contribution in [0.1, 0.15) is 11.1 Å². The van der Waals surface area contributed by atoms with E-state index in [1.165, 1.54) is 18.2 Å². The number of H-pyrrole nitrogens is 1. The van der Waals surface area contributed by atoms with Gasteiger partial charge in [-0.1, -0.05) is 23.7 Å². The van der Waals surface area contributed by atoms with Gasteiger partial charge < -0.3 is 10.1 Å². The van der Waals surface area contributed by atoms with E-state index >= 15 is 0 Å². The van der Waals surface area contributed by atoms with Crippen molar-refractivity contribution in [1.82, 2.24) is 15.2 Å². The number of hydrogen-bond acceptors (Lipinski definition) is 3. The number of nitrogens with zero attached hydrogens (tertiary/aromatic N) is 1. The van der Waals surface area contributed by atoms with E-state index in [0.29, 0.717) is 16.5 Å². The zero-order chi connectivity index (χ0) is 20.0. The van der Waals surface area contributed by atoms with Crippen molar-refractivity contribution in [2.24, 2.45) is 0 Å². The molecule has 1 fully saturated rings. The Morgan fingerprint density at radius 1 is 1.11 bits per heavy atom. The molecule has 1 aliphatic rings. The molecule has 4 rings (SSSR count). The second-order valence-electron chi connectivity index (χ2n) is 6.57. The van der Waals surface area contributed by atoms with Gasteiger partial charge in [0.05, 0.1) is 18.1 Å². The number of aliphatic hydroxyl groups is 1. The van der Waals surface area contributed by atoms with E-state index in [1.54, 1.807) is 12.3 Å². The van der Waals surface area contributed by atoms with E-state index in [-0.39, 0.29) is 23.6 Å². The van der Waals surface area contributed by atoms with Crippen molar-refractivity contribution in [3.63, 3.8) is 0 Å². The van der Waals surface area contributed by atoms with Crippen molar-refractivity contribution in [1.29, 1.82) is 0 Å². The van der Waals surface area contributed by atoms with Gasteiger partial charge in [-0.15, -0.1) is 0 Å². The third-order valence-corrected chi connectivity index (χ3v) is 5.22. The number of benzene rings is 2. The normalized spacial score (nSPS) is 19.8. The Kier molecular flexibility index (Phi) is 4.78. The third kappa shape index (κ3) is 3.13. The summed E-state index contributed by atoms with van der Waals surface area (Å²) in [5, 5.41) is 13.5. The Balaban J connectivity index is 1.55. The van der Waals surface area contributed by atoms with Crippen molar-refractivity contribution in [2.45, 2.75) is 25.4 Å². The highest BCUT2D eigenvalue weighted by molar-refractivity contribution is 6.35. The summed E-state index contributed by atoms with van der Waals surface area (Å²) in [7, 11) is 0. The highest BCUT2D eigenvalue weighted by Gasteiger charge is 2.38. The van der Waals surface area contributed by atoms with Gasteiger partial charge in [-0.25, -0.2) is 13.2 Å². The molecule has 0 aliphatic carbocycles. The number of hydrogen-bond donors (Lipinski definition) is 3. The number of carbonyl (C=O) groups is 1. The number of rotatable bonds is 4. The van der Waals surface area contributed by atoms with Crippen LogP contribution in [0.4, 0.5) is 13.2 Å². The summed E-state index contributed by atoms with van der Waals surface area (Å²) >= 11 is 5.95. The maximum atomic E-state index is 13.9. The molecule has 1 aliphatic heterocycles. The molecule has 3 N–H and O–H groups in total. The van der Waals surface area contributed by atoms with Crippen LogP contribution in [0, 0.1) is 17.5 Å². The van der Waals surface area contributed by atoms with Gasteiger partial charge in [0.2, 0.25) is 5.91 Å². The molecule has 146 valence electrons. The monoisotopic (exact) mass is 409 g/mol. The molecule has 2 heterocycles. The number of nitrogens with one attached hydrogen (secondary N) is 2. The van der Waals surface area contributed by atoms with E-state index in [0.717, 1.165) is 11.0 Å². The topological polar surface area (TPSA) is 68.4 Å². The molecule has 0 radical (unpaired) electrons. The number of fused-ring (bicyclic) bond motifs is 1. The molecular formula is C19H15ClF3N3O2. The fourth-order valence-corrected chi connectivity index (χ4v) is 3.63. The number of aromatic nitrogens is 1. The molecule has 0 saturated carbocycles. The molecule has 1 aromatic heterocycles. The Bertz CT molecular complexity index is 1070. The lowest BCUT2D eigenvalue weighted by Crippen LogP contribution is -2.36. The first-order valence-electron chi connectivity index (χ1n) is 8.48. The second kappa shape index (κ2) is 7.12. The number of aliphatic hydroxyl groups excluding tert-OH is 1. The highest BCUT2D eigenvalue weighted by atomic mass is 35.5. The Morgan fingerprint density at radius 2 is 1.89 bits per heavy atom. The van der Waals surface area contributed by atoms with Crippen LogP contribution in [0.3, 0.4) is 0 Å². The largest absolute Gasteiger partial charge is 0.361 e. The van der Waals surface area contributed by atoms with Crippen LogP contribution in [-0.4, -0.2) is 33.3 Å². The standard InChI is InChI=1S/C19H15ClF3N3O2/c20-15-12(21)5-4-11-10(7-24-17(11)15)6-14-18(27)26(19(28)25-14)8-9-2-1-3-13(22)16(9)23/h1-5,7,14,19,24-25,28H,6,8H2. The lowest BCUT2D eigenvalue weighted by atomic mass is 10.0. The number of amides is 1.